The Bertz CT molecular complexity index is 446. The average molecular weight is 276 g/mol. The minimum absolute atomic E-state index is 0.0423. The fourth-order valence-corrected chi connectivity index (χ4v) is 1.89. The van der Waals surface area contributed by atoms with Crippen LogP contribution >= 0.6 is 0 Å². The van der Waals surface area contributed by atoms with Crippen molar-refractivity contribution in [3.8, 4) is 0 Å². The van der Waals surface area contributed by atoms with Crippen molar-refractivity contribution in [1.29, 1.82) is 0 Å². The van der Waals surface area contributed by atoms with Gasteiger partial charge in [-0.3, -0.25) is 0 Å². The van der Waals surface area contributed by atoms with E-state index in [2.05, 4.69) is 15.3 Å². The van der Waals surface area contributed by atoms with Gasteiger partial charge in [-0.15, -0.1) is 0 Å². The largest absolute Gasteiger partial charge is 0.433 e. The number of hydrogen-bond donors (Lipinski definition) is 1. The first kappa shape index (κ1) is 13.9. The number of anilines is 2. The zero-order valence-corrected chi connectivity index (χ0v) is 10.7. The first-order valence-electron chi connectivity index (χ1n) is 5.86. The van der Waals surface area contributed by atoms with Crippen LogP contribution in [0.1, 0.15) is 12.1 Å². The maximum Gasteiger partial charge on any atom is 0.433 e. The van der Waals surface area contributed by atoms with Gasteiger partial charge in [0.2, 0.25) is 5.95 Å². The predicted molar refractivity (Wildman–Crippen MR) is 64.2 cm³/mol. The molecule has 0 bridgehead atoms. The molecule has 1 N–H and O–H groups in total. The number of aromatic nitrogens is 2. The van der Waals surface area contributed by atoms with Gasteiger partial charge >= 0.3 is 6.18 Å². The van der Waals surface area contributed by atoms with Gasteiger partial charge in [-0.05, 0) is 6.42 Å². The standard InChI is InChI=1S/C11H15F3N4O/c1-15-10-16-8(11(12,13)14)5-9(17-10)18(2)7-3-4-19-6-7/h5,7H,3-4,6H2,1-2H3,(H,15,16,17). The van der Waals surface area contributed by atoms with Crippen molar-refractivity contribution >= 4 is 11.8 Å². The summed E-state index contributed by atoms with van der Waals surface area (Å²) in [7, 11) is 3.19. The fourth-order valence-electron chi connectivity index (χ4n) is 1.89. The van der Waals surface area contributed by atoms with Gasteiger partial charge in [0.15, 0.2) is 5.69 Å². The molecule has 0 spiro atoms. The lowest BCUT2D eigenvalue weighted by Crippen LogP contribution is -2.33. The SMILES string of the molecule is CNc1nc(N(C)C2CCOC2)cc(C(F)(F)F)n1. The number of rotatable bonds is 3. The van der Waals surface area contributed by atoms with Crippen LogP contribution in [0.5, 0.6) is 0 Å². The van der Waals surface area contributed by atoms with E-state index in [-0.39, 0.29) is 17.8 Å². The highest BCUT2D eigenvalue weighted by atomic mass is 19.4. The van der Waals surface area contributed by atoms with Crippen LogP contribution in [0, 0.1) is 0 Å². The summed E-state index contributed by atoms with van der Waals surface area (Å²) < 4.78 is 43.5. The molecule has 1 fully saturated rings. The second-order valence-corrected chi connectivity index (χ2v) is 4.31. The third-order valence-corrected chi connectivity index (χ3v) is 3.04. The predicted octanol–water partition coefficient (Wildman–Crippen LogP) is 1.76. The van der Waals surface area contributed by atoms with Crippen molar-refractivity contribution in [3.63, 3.8) is 0 Å². The maximum absolute atomic E-state index is 12.8. The smallest absolute Gasteiger partial charge is 0.379 e. The third kappa shape index (κ3) is 3.06. The molecule has 19 heavy (non-hydrogen) atoms. The van der Waals surface area contributed by atoms with E-state index in [0.717, 1.165) is 12.5 Å². The minimum Gasteiger partial charge on any atom is -0.379 e. The second-order valence-electron chi connectivity index (χ2n) is 4.31. The molecule has 2 rings (SSSR count). The Kier molecular flexibility index (Phi) is 3.79. The van der Waals surface area contributed by atoms with Gasteiger partial charge in [0.25, 0.3) is 0 Å². The van der Waals surface area contributed by atoms with Crippen LogP contribution in [0.15, 0.2) is 6.07 Å². The van der Waals surface area contributed by atoms with Gasteiger partial charge < -0.3 is 15.0 Å². The van der Waals surface area contributed by atoms with E-state index in [9.17, 15) is 13.2 Å². The Hall–Kier alpha value is -1.57. The van der Waals surface area contributed by atoms with Crippen molar-refractivity contribution in [1.82, 2.24) is 9.97 Å². The van der Waals surface area contributed by atoms with Gasteiger partial charge in [0.05, 0.1) is 12.6 Å². The van der Waals surface area contributed by atoms with E-state index in [1.807, 2.05) is 0 Å². The summed E-state index contributed by atoms with van der Waals surface area (Å²) in [4.78, 5) is 9.18. The molecule has 1 aromatic rings. The third-order valence-electron chi connectivity index (χ3n) is 3.04. The highest BCUT2D eigenvalue weighted by molar-refractivity contribution is 5.45. The molecule has 106 valence electrons. The van der Waals surface area contributed by atoms with Gasteiger partial charge in [-0.1, -0.05) is 0 Å². The van der Waals surface area contributed by atoms with Crippen LogP contribution in [0.3, 0.4) is 0 Å². The molecule has 0 aromatic carbocycles. The summed E-state index contributed by atoms with van der Waals surface area (Å²) in [6.07, 6.45) is -3.72. The molecular formula is C11H15F3N4O. The van der Waals surface area contributed by atoms with Crippen LogP contribution in [0.4, 0.5) is 24.9 Å². The lowest BCUT2D eigenvalue weighted by atomic mass is 10.2. The van der Waals surface area contributed by atoms with Crippen LogP contribution in [0.2, 0.25) is 0 Å². The number of nitrogens with zero attached hydrogens (tertiary/aromatic N) is 3. The van der Waals surface area contributed by atoms with Gasteiger partial charge in [0.1, 0.15) is 5.82 Å². The highest BCUT2D eigenvalue weighted by Gasteiger charge is 2.34. The van der Waals surface area contributed by atoms with E-state index in [4.69, 9.17) is 4.74 Å². The molecule has 0 saturated carbocycles. The Morgan fingerprint density at radius 1 is 1.42 bits per heavy atom. The minimum atomic E-state index is -4.49. The molecule has 0 amide bonds. The van der Waals surface area contributed by atoms with Gasteiger partial charge in [-0.25, -0.2) is 4.98 Å². The molecule has 0 aliphatic carbocycles. The van der Waals surface area contributed by atoms with Gasteiger partial charge in [-0.2, -0.15) is 18.2 Å². The summed E-state index contributed by atoms with van der Waals surface area (Å²) in [5.41, 5.74) is -0.951. The number of nitrogens with one attached hydrogen (secondary N) is 1. The van der Waals surface area contributed by atoms with E-state index in [1.54, 1.807) is 11.9 Å². The van der Waals surface area contributed by atoms with E-state index in [0.29, 0.717) is 13.2 Å². The van der Waals surface area contributed by atoms with Crippen molar-refractivity contribution in [2.75, 3.05) is 37.5 Å². The van der Waals surface area contributed by atoms with Crippen molar-refractivity contribution < 1.29 is 17.9 Å². The topological polar surface area (TPSA) is 50.3 Å². The highest BCUT2D eigenvalue weighted by Crippen LogP contribution is 2.31. The van der Waals surface area contributed by atoms with Crippen LogP contribution in [-0.2, 0) is 10.9 Å². The number of alkyl halides is 3. The average Bonchev–Trinajstić information content (AvgIpc) is 2.90. The monoisotopic (exact) mass is 276 g/mol. The Labute approximate surface area is 108 Å². The van der Waals surface area contributed by atoms with Crippen molar-refractivity contribution in [2.45, 2.75) is 18.6 Å². The second kappa shape index (κ2) is 5.20. The Balaban J connectivity index is 2.33. The molecule has 5 nitrogen and oxygen atoms in total. The van der Waals surface area contributed by atoms with E-state index >= 15 is 0 Å². The molecule has 1 unspecified atom stereocenters. The van der Waals surface area contributed by atoms with Crippen LogP contribution in [0.25, 0.3) is 0 Å². The molecule has 2 heterocycles. The molecule has 1 saturated heterocycles. The normalized spacial score (nSPS) is 19.5. The molecule has 8 heteroatoms. The molecular weight excluding hydrogens is 261 g/mol. The lowest BCUT2D eigenvalue weighted by Gasteiger charge is -2.25. The summed E-state index contributed by atoms with van der Waals surface area (Å²) in [5, 5.41) is 2.55. The summed E-state index contributed by atoms with van der Waals surface area (Å²) >= 11 is 0. The summed E-state index contributed by atoms with van der Waals surface area (Å²) in [6, 6.07) is 1.000. The summed E-state index contributed by atoms with van der Waals surface area (Å²) in [5.74, 6) is 0.192. The van der Waals surface area contributed by atoms with Gasteiger partial charge in [0, 0.05) is 26.8 Å². The number of likely N-dealkylation sites (N-methyl/N-ethyl adjacent to an activating group) is 1. The first-order chi connectivity index (χ1) is 8.91. The first-order valence-corrected chi connectivity index (χ1v) is 5.86. The van der Waals surface area contributed by atoms with E-state index < -0.39 is 11.9 Å². The zero-order chi connectivity index (χ0) is 14.0. The molecule has 0 radical (unpaired) electrons. The van der Waals surface area contributed by atoms with Crippen LogP contribution in [-0.4, -0.2) is 43.3 Å². The molecule has 1 atom stereocenters. The Morgan fingerprint density at radius 3 is 2.68 bits per heavy atom. The summed E-state index contributed by atoms with van der Waals surface area (Å²) in [6.45, 7) is 1.11. The number of halogens is 3. The van der Waals surface area contributed by atoms with Crippen LogP contribution < -0.4 is 10.2 Å². The van der Waals surface area contributed by atoms with Crippen molar-refractivity contribution in [2.24, 2.45) is 0 Å². The maximum atomic E-state index is 12.8. The quantitative estimate of drug-likeness (QED) is 0.911. The fraction of sp³-hybridized carbons (Fsp3) is 0.636. The van der Waals surface area contributed by atoms with E-state index in [1.165, 1.54) is 7.05 Å². The lowest BCUT2D eigenvalue weighted by molar-refractivity contribution is -0.141. The molecule has 1 aliphatic heterocycles. The van der Waals surface area contributed by atoms with Crippen molar-refractivity contribution in [3.05, 3.63) is 11.8 Å². The molecule has 1 aliphatic rings. The number of hydrogen-bond acceptors (Lipinski definition) is 5. The molecule has 1 aromatic heterocycles. The number of ether oxygens (including phenoxy) is 1. The zero-order valence-electron chi connectivity index (χ0n) is 10.7. The Morgan fingerprint density at radius 2 is 2.16 bits per heavy atom.